The molecule has 0 saturated heterocycles. The summed E-state index contributed by atoms with van der Waals surface area (Å²) in [6, 6.07) is -1.46. The topological polar surface area (TPSA) is 134 Å². The largest absolute Gasteiger partial charge is 0.458 e. The van der Waals surface area contributed by atoms with E-state index in [0.717, 1.165) is 4.90 Å². The number of ether oxygens (including phenoxy) is 2. The molecule has 41 heavy (non-hydrogen) atoms. The second-order valence-electron chi connectivity index (χ2n) is 12.1. The highest BCUT2D eigenvalue weighted by molar-refractivity contribution is 5.92. The molecular formula is C30H46N4O7. The van der Waals surface area contributed by atoms with Crippen molar-refractivity contribution >= 4 is 29.5 Å². The molecule has 0 saturated carbocycles. The number of esters is 1. The van der Waals surface area contributed by atoms with Gasteiger partial charge >= 0.3 is 12.1 Å². The number of rotatable bonds is 12. The molecule has 2 aliphatic heterocycles. The van der Waals surface area contributed by atoms with E-state index in [-0.39, 0.29) is 61.8 Å². The predicted molar refractivity (Wildman–Crippen MR) is 154 cm³/mol. The van der Waals surface area contributed by atoms with Gasteiger partial charge in [0.05, 0.1) is 13.1 Å². The number of hydrogen-bond donors (Lipinski definition) is 2. The van der Waals surface area contributed by atoms with Crippen molar-refractivity contribution in [2.24, 2.45) is 11.8 Å². The van der Waals surface area contributed by atoms with E-state index >= 15 is 0 Å². The minimum absolute atomic E-state index is 0.00605. The molecule has 3 atom stereocenters. The Morgan fingerprint density at radius 3 is 2.10 bits per heavy atom. The van der Waals surface area contributed by atoms with Crippen LogP contribution >= 0.6 is 0 Å². The molecule has 0 spiro atoms. The Morgan fingerprint density at radius 1 is 1.00 bits per heavy atom. The highest BCUT2D eigenvalue weighted by Gasteiger charge is 2.34. The lowest BCUT2D eigenvalue weighted by molar-refractivity contribution is -0.158. The van der Waals surface area contributed by atoms with Crippen molar-refractivity contribution in [1.29, 1.82) is 0 Å². The average molecular weight is 575 g/mol. The van der Waals surface area contributed by atoms with Crippen LogP contribution in [0.4, 0.5) is 4.79 Å². The average Bonchev–Trinajstić information content (AvgIpc) is 2.87. The van der Waals surface area contributed by atoms with Crippen LogP contribution in [0.5, 0.6) is 0 Å². The van der Waals surface area contributed by atoms with E-state index < -0.39 is 29.7 Å². The molecule has 0 aliphatic carbocycles. The highest BCUT2D eigenvalue weighted by Crippen LogP contribution is 2.21. The number of amides is 2. The van der Waals surface area contributed by atoms with E-state index in [1.807, 2.05) is 27.7 Å². The van der Waals surface area contributed by atoms with Crippen molar-refractivity contribution in [2.75, 3.05) is 19.7 Å². The number of allylic oxidation sites excluding steroid dienone is 2. The molecule has 2 amide bonds. The number of carbonyl (C=O) groups is 5. The molecule has 0 aromatic rings. The van der Waals surface area contributed by atoms with Gasteiger partial charge in [-0.25, -0.2) is 9.59 Å². The smallest absolute Gasteiger partial charge is 0.414 e. The molecule has 11 nitrogen and oxygen atoms in total. The number of ketones is 2. The van der Waals surface area contributed by atoms with Crippen LogP contribution in [0.2, 0.25) is 0 Å². The van der Waals surface area contributed by atoms with Crippen LogP contribution in [0.15, 0.2) is 36.4 Å². The first-order valence-corrected chi connectivity index (χ1v) is 14.2. The van der Waals surface area contributed by atoms with Gasteiger partial charge in [-0.05, 0) is 39.0 Å². The first-order valence-electron chi connectivity index (χ1n) is 14.2. The molecule has 0 aromatic carbocycles. The maximum absolute atomic E-state index is 13.8. The van der Waals surface area contributed by atoms with Gasteiger partial charge < -0.3 is 25.0 Å². The summed E-state index contributed by atoms with van der Waals surface area (Å²) < 4.78 is 10.7. The molecule has 0 radical (unpaired) electrons. The van der Waals surface area contributed by atoms with Crippen LogP contribution in [0.3, 0.4) is 0 Å². The van der Waals surface area contributed by atoms with Crippen LogP contribution in [-0.4, -0.2) is 76.7 Å². The lowest BCUT2D eigenvalue weighted by Gasteiger charge is -2.33. The van der Waals surface area contributed by atoms with Gasteiger partial charge in [0.1, 0.15) is 24.3 Å². The molecular weight excluding hydrogens is 528 g/mol. The zero-order valence-corrected chi connectivity index (χ0v) is 25.5. The quantitative estimate of drug-likeness (QED) is 0.266. The first kappa shape index (κ1) is 33.6. The van der Waals surface area contributed by atoms with Gasteiger partial charge in [-0.15, -0.1) is 0 Å². The van der Waals surface area contributed by atoms with Gasteiger partial charge in [0.2, 0.25) is 5.91 Å². The van der Waals surface area contributed by atoms with Crippen LogP contribution in [0, 0.1) is 11.8 Å². The summed E-state index contributed by atoms with van der Waals surface area (Å²) in [5, 5.41) is 6.32. The van der Waals surface area contributed by atoms with E-state index in [4.69, 9.17) is 9.47 Å². The fourth-order valence-electron chi connectivity index (χ4n) is 4.47. The molecule has 0 fully saturated rings. The minimum Gasteiger partial charge on any atom is -0.458 e. The van der Waals surface area contributed by atoms with Crippen molar-refractivity contribution in [2.45, 2.75) is 91.8 Å². The molecule has 11 heteroatoms. The molecule has 2 heterocycles. The van der Waals surface area contributed by atoms with Crippen molar-refractivity contribution < 1.29 is 33.4 Å². The van der Waals surface area contributed by atoms with Gasteiger partial charge in [-0.3, -0.25) is 19.3 Å². The second-order valence-corrected chi connectivity index (χ2v) is 12.1. The molecule has 0 aromatic heterocycles. The van der Waals surface area contributed by atoms with Gasteiger partial charge in [-0.2, -0.15) is 0 Å². The molecule has 228 valence electrons. The van der Waals surface area contributed by atoms with Crippen LogP contribution in [0.25, 0.3) is 0 Å². The summed E-state index contributed by atoms with van der Waals surface area (Å²) in [7, 11) is 0. The molecule has 3 unspecified atom stereocenters. The predicted octanol–water partition coefficient (Wildman–Crippen LogP) is 3.42. The van der Waals surface area contributed by atoms with E-state index in [9.17, 15) is 24.0 Å². The normalized spacial score (nSPS) is 18.1. The Bertz CT molecular complexity index is 1070. The lowest BCUT2D eigenvalue weighted by atomic mass is 9.97. The monoisotopic (exact) mass is 574 g/mol. The molecule has 2 aliphatic rings. The van der Waals surface area contributed by atoms with Crippen molar-refractivity contribution in [3.8, 4) is 0 Å². The third-order valence-corrected chi connectivity index (χ3v) is 6.51. The number of Topliss-reactive ketones (excluding diaryl/α,β-unsaturated/α-hetero) is 2. The summed E-state index contributed by atoms with van der Waals surface area (Å²) in [5.74, 6) is -1.15. The van der Waals surface area contributed by atoms with Crippen LogP contribution < -0.4 is 10.6 Å². The van der Waals surface area contributed by atoms with Crippen molar-refractivity contribution in [1.82, 2.24) is 20.4 Å². The summed E-state index contributed by atoms with van der Waals surface area (Å²) in [6.07, 6.45) is 5.01. The Labute approximate surface area is 243 Å². The lowest BCUT2D eigenvalue weighted by Crippen LogP contribution is -2.51. The second kappa shape index (κ2) is 14.8. The third-order valence-electron chi connectivity index (χ3n) is 6.51. The van der Waals surface area contributed by atoms with Crippen LogP contribution in [0.1, 0.15) is 74.1 Å². The van der Waals surface area contributed by atoms with Crippen molar-refractivity contribution in [3.63, 3.8) is 0 Å². The van der Waals surface area contributed by atoms with Gasteiger partial charge in [0, 0.05) is 36.6 Å². The number of carbonyl (C=O) groups excluding carboxylic acids is 5. The number of nitrogens with zero attached hydrogens (tertiary/aromatic N) is 2. The minimum atomic E-state index is -0.766. The molecule has 2 rings (SSSR count). The van der Waals surface area contributed by atoms with Crippen molar-refractivity contribution in [3.05, 3.63) is 36.4 Å². The SMILES string of the molecule is C=CCOC(=O)N1C=C(NC(CC(C)C)C(=O)N2C=C(NC(C(=O)OC(C)(C)C)C(C)CC)CC(=O)C2)CC(=O)C1. The maximum atomic E-state index is 13.8. The van der Waals surface area contributed by atoms with E-state index in [2.05, 4.69) is 17.2 Å². The highest BCUT2D eigenvalue weighted by atomic mass is 16.6. The zero-order valence-electron chi connectivity index (χ0n) is 25.5. The summed E-state index contributed by atoms with van der Waals surface area (Å²) >= 11 is 0. The Kier molecular flexibility index (Phi) is 12.2. The molecule has 2 N–H and O–H groups in total. The number of nitrogens with one attached hydrogen (secondary N) is 2. The van der Waals surface area contributed by atoms with Gasteiger partial charge in [0.25, 0.3) is 0 Å². The third kappa shape index (κ3) is 10.7. The Hall–Kier alpha value is -3.63. The Balaban J connectivity index is 2.29. The van der Waals surface area contributed by atoms with Gasteiger partial charge in [-0.1, -0.05) is 46.8 Å². The standard InChI is InChI=1S/C30H46N4O7/c1-9-11-40-29(39)34-16-21(13-24(36)18-34)31-25(12-19(3)4)27(37)33-15-22(14-23(35)17-33)32-26(20(5)10-2)28(38)41-30(6,7)8/h9,15-16,19-20,25-26,31-32H,1,10-14,17-18H2,2-8H3. The van der Waals surface area contributed by atoms with E-state index in [1.165, 1.54) is 17.2 Å². The first-order chi connectivity index (χ1) is 19.1. The van der Waals surface area contributed by atoms with Crippen LogP contribution in [-0.2, 0) is 28.7 Å². The summed E-state index contributed by atoms with van der Waals surface area (Å²) in [6.45, 7) is 16.5. The summed E-state index contributed by atoms with van der Waals surface area (Å²) in [5.41, 5.74) is 0.187. The maximum Gasteiger partial charge on any atom is 0.414 e. The van der Waals surface area contributed by atoms with E-state index in [0.29, 0.717) is 24.2 Å². The summed E-state index contributed by atoms with van der Waals surface area (Å²) in [4.78, 5) is 66.7. The molecule has 0 bridgehead atoms. The Morgan fingerprint density at radius 2 is 1.56 bits per heavy atom. The number of hydrogen-bond acceptors (Lipinski definition) is 9. The van der Waals surface area contributed by atoms with Gasteiger partial charge in [0.15, 0.2) is 11.6 Å². The fourth-order valence-corrected chi connectivity index (χ4v) is 4.47. The van der Waals surface area contributed by atoms with E-state index in [1.54, 1.807) is 27.0 Å². The zero-order chi connectivity index (χ0) is 30.9. The fraction of sp³-hybridized carbons (Fsp3) is 0.633.